The minimum Gasteiger partial charge on any atom is -0.497 e. The van der Waals surface area contributed by atoms with E-state index in [1.165, 1.54) is 21.1 Å². The van der Waals surface area contributed by atoms with Crippen molar-refractivity contribution >= 4 is 29.0 Å². The van der Waals surface area contributed by atoms with Crippen molar-refractivity contribution < 1.29 is 29.0 Å². The lowest BCUT2D eigenvalue weighted by molar-refractivity contribution is -0.150. The molecule has 0 aromatic heterocycles. The number of rotatable bonds is 7. The van der Waals surface area contributed by atoms with E-state index in [9.17, 15) is 19.5 Å². The first-order valence-corrected chi connectivity index (χ1v) is 12.8. The summed E-state index contributed by atoms with van der Waals surface area (Å²) in [6, 6.07) is 19.5. The van der Waals surface area contributed by atoms with E-state index in [0.717, 1.165) is 11.1 Å². The summed E-state index contributed by atoms with van der Waals surface area (Å²) < 4.78 is 11.1. The molecule has 1 aliphatic carbocycles. The number of hydrogen-bond acceptors (Lipinski definition) is 6. The van der Waals surface area contributed by atoms with E-state index in [2.05, 4.69) is 10.6 Å². The molecule has 8 nitrogen and oxygen atoms in total. The lowest BCUT2D eigenvalue weighted by Gasteiger charge is -2.44. The number of aryl methyl sites for hydroxylation is 2. The van der Waals surface area contributed by atoms with Crippen LogP contribution in [0.25, 0.3) is 0 Å². The maximum atomic E-state index is 14.0. The monoisotopic (exact) mass is 530 g/mol. The number of anilines is 2. The van der Waals surface area contributed by atoms with Crippen molar-refractivity contribution in [1.29, 1.82) is 0 Å². The molecule has 0 aliphatic heterocycles. The van der Waals surface area contributed by atoms with Crippen molar-refractivity contribution in [2.75, 3.05) is 24.9 Å². The average molecular weight is 531 g/mol. The van der Waals surface area contributed by atoms with Crippen LogP contribution in [0.4, 0.5) is 11.4 Å². The number of ketones is 1. The Hall–Kier alpha value is -4.17. The summed E-state index contributed by atoms with van der Waals surface area (Å²) in [5.74, 6) is -4.23. The van der Waals surface area contributed by atoms with Gasteiger partial charge in [-0.1, -0.05) is 36.4 Å². The third-order valence-corrected chi connectivity index (χ3v) is 7.43. The second-order valence-electron chi connectivity index (χ2n) is 10.2. The number of Topliss-reactive ketones (excluding diaryl/α,β-unsaturated/α-hetero) is 1. The van der Waals surface area contributed by atoms with Gasteiger partial charge < -0.3 is 25.2 Å². The Morgan fingerprint density at radius 3 is 1.97 bits per heavy atom. The fraction of sp³-hybridized carbons (Fsp3) is 0.323. The molecule has 8 heteroatoms. The van der Waals surface area contributed by atoms with Crippen LogP contribution in [0.15, 0.2) is 66.7 Å². The smallest absolute Gasteiger partial charge is 0.235 e. The standard InChI is InChI=1S/C31H34N2O6/c1-18-10-6-8-12-22(18)32-29(35)27-24(34)17-31(3,37)28(30(36)33-23-13-9-7-11-19(23)2)26(27)21-16-20(38-4)14-15-25(21)39-5/h6-16,26-28,37H,17H2,1-5H3,(H,32,35)(H,33,36). The summed E-state index contributed by atoms with van der Waals surface area (Å²) in [6.07, 6.45) is -0.368. The molecule has 1 aliphatic rings. The molecule has 0 bridgehead atoms. The Bertz CT molecular complexity index is 1400. The van der Waals surface area contributed by atoms with Gasteiger partial charge in [0.25, 0.3) is 0 Å². The number of amides is 2. The molecule has 204 valence electrons. The summed E-state index contributed by atoms with van der Waals surface area (Å²) >= 11 is 0. The second-order valence-corrected chi connectivity index (χ2v) is 10.2. The fourth-order valence-corrected chi connectivity index (χ4v) is 5.41. The number of hydrogen-bond donors (Lipinski definition) is 3. The van der Waals surface area contributed by atoms with Crippen molar-refractivity contribution in [3.8, 4) is 11.5 Å². The number of carbonyl (C=O) groups excluding carboxylic acids is 3. The van der Waals surface area contributed by atoms with Crippen molar-refractivity contribution in [3.05, 3.63) is 83.4 Å². The van der Waals surface area contributed by atoms with Gasteiger partial charge >= 0.3 is 0 Å². The maximum absolute atomic E-state index is 14.0. The first-order chi connectivity index (χ1) is 18.6. The van der Waals surface area contributed by atoms with Crippen molar-refractivity contribution in [3.63, 3.8) is 0 Å². The van der Waals surface area contributed by atoms with Gasteiger partial charge in [0.05, 0.1) is 25.7 Å². The molecule has 0 radical (unpaired) electrons. The zero-order valence-corrected chi connectivity index (χ0v) is 22.8. The SMILES string of the molecule is COc1ccc(OC)c(C2C(C(=O)Nc3ccccc3C)C(=O)CC(C)(O)C2C(=O)Nc2ccccc2C)c1. The van der Waals surface area contributed by atoms with Gasteiger partial charge in [-0.05, 0) is 62.2 Å². The fourth-order valence-electron chi connectivity index (χ4n) is 5.41. The molecule has 0 saturated heterocycles. The van der Waals surface area contributed by atoms with Crippen molar-refractivity contribution in [1.82, 2.24) is 0 Å². The summed E-state index contributed by atoms with van der Waals surface area (Å²) in [7, 11) is 2.97. The molecule has 3 aromatic rings. The van der Waals surface area contributed by atoms with Crippen LogP contribution in [0.3, 0.4) is 0 Å². The van der Waals surface area contributed by atoms with Crippen LogP contribution in [0.5, 0.6) is 11.5 Å². The molecule has 4 unspecified atom stereocenters. The maximum Gasteiger partial charge on any atom is 0.235 e. The summed E-state index contributed by atoms with van der Waals surface area (Å²) in [4.78, 5) is 41.4. The number of benzene rings is 3. The minimum absolute atomic E-state index is 0.368. The van der Waals surface area contributed by atoms with E-state index in [1.54, 1.807) is 42.5 Å². The zero-order chi connectivity index (χ0) is 28.3. The molecule has 0 spiro atoms. The largest absolute Gasteiger partial charge is 0.497 e. The molecule has 4 atom stereocenters. The topological polar surface area (TPSA) is 114 Å². The van der Waals surface area contributed by atoms with Crippen molar-refractivity contribution in [2.45, 2.75) is 38.7 Å². The molecule has 0 heterocycles. The number of methoxy groups -OCH3 is 2. The number of carbonyl (C=O) groups is 3. The highest BCUT2D eigenvalue weighted by molar-refractivity contribution is 6.10. The summed E-state index contributed by atoms with van der Waals surface area (Å²) in [5, 5.41) is 17.4. The van der Waals surface area contributed by atoms with Gasteiger partial charge in [-0.15, -0.1) is 0 Å². The molecule has 1 fully saturated rings. The van der Waals surface area contributed by atoms with E-state index in [0.29, 0.717) is 28.4 Å². The predicted molar refractivity (Wildman–Crippen MR) is 149 cm³/mol. The molecular formula is C31H34N2O6. The highest BCUT2D eigenvalue weighted by Crippen LogP contribution is 2.49. The quantitative estimate of drug-likeness (QED) is 0.384. The Morgan fingerprint density at radius 2 is 1.44 bits per heavy atom. The Morgan fingerprint density at radius 1 is 0.872 bits per heavy atom. The summed E-state index contributed by atoms with van der Waals surface area (Å²) in [6.45, 7) is 5.17. The van der Waals surface area contributed by atoms with E-state index >= 15 is 0 Å². The van der Waals surface area contributed by atoms with E-state index in [-0.39, 0.29) is 6.42 Å². The molecule has 3 aromatic carbocycles. The Balaban J connectivity index is 1.87. The van der Waals surface area contributed by atoms with Gasteiger partial charge in [-0.3, -0.25) is 14.4 Å². The van der Waals surface area contributed by atoms with Gasteiger partial charge in [0, 0.05) is 29.3 Å². The van der Waals surface area contributed by atoms with E-state index in [1.807, 2.05) is 38.1 Å². The molecule has 39 heavy (non-hydrogen) atoms. The predicted octanol–water partition coefficient (Wildman–Crippen LogP) is 4.64. The molecule has 2 amide bonds. The van der Waals surface area contributed by atoms with Crippen LogP contribution in [0.2, 0.25) is 0 Å². The molecule has 1 saturated carbocycles. The first kappa shape index (κ1) is 27.9. The van der Waals surface area contributed by atoms with Crippen LogP contribution in [0, 0.1) is 25.7 Å². The minimum atomic E-state index is -1.75. The second kappa shape index (κ2) is 11.3. The van der Waals surface area contributed by atoms with Crippen LogP contribution in [0.1, 0.15) is 36.0 Å². The normalized spacial score (nSPS) is 22.6. The Labute approximate surface area is 228 Å². The molecule has 3 N–H and O–H groups in total. The third kappa shape index (κ3) is 5.66. The van der Waals surface area contributed by atoms with Crippen LogP contribution in [-0.4, -0.2) is 42.5 Å². The number of nitrogens with one attached hydrogen (secondary N) is 2. The van der Waals surface area contributed by atoms with Gasteiger partial charge in [0.1, 0.15) is 23.2 Å². The number of ether oxygens (including phenoxy) is 2. The highest BCUT2D eigenvalue weighted by atomic mass is 16.5. The van der Waals surface area contributed by atoms with Crippen molar-refractivity contribution in [2.24, 2.45) is 11.8 Å². The lowest BCUT2D eigenvalue weighted by Crippen LogP contribution is -2.56. The van der Waals surface area contributed by atoms with E-state index in [4.69, 9.17) is 9.47 Å². The van der Waals surface area contributed by atoms with E-state index < -0.39 is 41.0 Å². The van der Waals surface area contributed by atoms with Crippen LogP contribution >= 0.6 is 0 Å². The summed E-state index contributed by atoms with van der Waals surface area (Å²) in [5.41, 5.74) is 1.46. The van der Waals surface area contributed by atoms with Gasteiger partial charge in [-0.2, -0.15) is 0 Å². The number of aliphatic hydroxyl groups is 1. The average Bonchev–Trinajstić information content (AvgIpc) is 2.89. The van der Waals surface area contributed by atoms with Gasteiger partial charge in [0.15, 0.2) is 0 Å². The van der Waals surface area contributed by atoms with Gasteiger partial charge in [0.2, 0.25) is 11.8 Å². The molecule has 4 rings (SSSR count). The number of para-hydroxylation sites is 2. The first-order valence-electron chi connectivity index (χ1n) is 12.8. The highest BCUT2D eigenvalue weighted by Gasteiger charge is 2.56. The van der Waals surface area contributed by atoms with Crippen LogP contribution in [-0.2, 0) is 14.4 Å². The lowest BCUT2D eigenvalue weighted by atomic mass is 9.61. The Kier molecular flexibility index (Phi) is 8.06. The zero-order valence-electron chi connectivity index (χ0n) is 22.8. The molecular weight excluding hydrogens is 496 g/mol. The third-order valence-electron chi connectivity index (χ3n) is 7.43. The van der Waals surface area contributed by atoms with Gasteiger partial charge in [-0.25, -0.2) is 0 Å². The van der Waals surface area contributed by atoms with Crippen LogP contribution < -0.4 is 20.1 Å².